The lowest BCUT2D eigenvalue weighted by atomic mass is 10.2. The van der Waals surface area contributed by atoms with Crippen LogP contribution in [-0.2, 0) is 0 Å². The summed E-state index contributed by atoms with van der Waals surface area (Å²) in [6, 6.07) is 9.93. The van der Waals surface area contributed by atoms with Crippen LogP contribution in [0.4, 0.5) is 10.5 Å². The third-order valence-electron chi connectivity index (χ3n) is 3.26. The molecule has 1 aromatic rings. The van der Waals surface area contributed by atoms with Crippen molar-refractivity contribution in [3.63, 3.8) is 0 Å². The topological polar surface area (TPSA) is 23.6 Å². The average molecular weight is 262 g/mol. The molecule has 0 saturated heterocycles. The van der Waals surface area contributed by atoms with Gasteiger partial charge in [-0.1, -0.05) is 44.9 Å². The molecule has 106 valence electrons. The maximum atomic E-state index is 12.5. The number of hydrogen-bond donors (Lipinski definition) is 0. The van der Waals surface area contributed by atoms with Crippen molar-refractivity contribution < 1.29 is 4.79 Å². The number of carbonyl (C=O) groups excluding carboxylic acids is 1. The van der Waals surface area contributed by atoms with Crippen LogP contribution in [0.2, 0.25) is 0 Å². The Morgan fingerprint density at radius 2 is 1.53 bits per heavy atom. The summed E-state index contributed by atoms with van der Waals surface area (Å²) in [5.41, 5.74) is 0.950. The number of urea groups is 1. The van der Waals surface area contributed by atoms with Crippen molar-refractivity contribution in [1.82, 2.24) is 4.90 Å². The van der Waals surface area contributed by atoms with Gasteiger partial charge < -0.3 is 4.90 Å². The van der Waals surface area contributed by atoms with Gasteiger partial charge in [0.05, 0.1) is 0 Å². The monoisotopic (exact) mass is 262 g/mol. The van der Waals surface area contributed by atoms with E-state index in [1.807, 2.05) is 42.3 Å². The Morgan fingerprint density at radius 1 is 1.00 bits per heavy atom. The molecule has 0 bridgehead atoms. The second-order valence-electron chi connectivity index (χ2n) is 4.87. The molecule has 0 aromatic heterocycles. The number of benzene rings is 1. The number of para-hydroxylation sites is 1. The Bertz CT molecular complexity index is 356. The van der Waals surface area contributed by atoms with Crippen LogP contribution in [-0.4, -0.2) is 31.1 Å². The second kappa shape index (κ2) is 8.57. The van der Waals surface area contributed by atoms with E-state index in [2.05, 4.69) is 13.8 Å². The van der Waals surface area contributed by atoms with Crippen LogP contribution in [0.1, 0.15) is 39.5 Å². The summed E-state index contributed by atoms with van der Waals surface area (Å²) in [6.45, 7) is 6.02. The van der Waals surface area contributed by atoms with Crippen LogP contribution < -0.4 is 4.90 Å². The molecule has 19 heavy (non-hydrogen) atoms. The zero-order valence-corrected chi connectivity index (χ0v) is 12.4. The minimum absolute atomic E-state index is 0.105. The number of nitrogens with zero attached hydrogens (tertiary/aromatic N) is 2. The highest BCUT2D eigenvalue weighted by Gasteiger charge is 2.17. The predicted molar refractivity (Wildman–Crippen MR) is 81.6 cm³/mol. The van der Waals surface area contributed by atoms with Crippen LogP contribution in [0.25, 0.3) is 0 Å². The molecule has 0 aliphatic rings. The van der Waals surface area contributed by atoms with E-state index in [1.165, 1.54) is 0 Å². The first-order valence-electron chi connectivity index (χ1n) is 7.28. The molecule has 2 amide bonds. The van der Waals surface area contributed by atoms with Gasteiger partial charge >= 0.3 is 6.03 Å². The maximum Gasteiger partial charge on any atom is 0.324 e. The van der Waals surface area contributed by atoms with Crippen molar-refractivity contribution in [3.8, 4) is 0 Å². The summed E-state index contributed by atoms with van der Waals surface area (Å²) in [5, 5.41) is 0. The molecule has 0 aliphatic carbocycles. The van der Waals surface area contributed by atoms with Gasteiger partial charge in [-0.25, -0.2) is 4.79 Å². The molecule has 0 aliphatic heterocycles. The van der Waals surface area contributed by atoms with Gasteiger partial charge in [0, 0.05) is 25.8 Å². The highest BCUT2D eigenvalue weighted by atomic mass is 16.2. The molecule has 3 heteroatoms. The number of hydrogen-bond acceptors (Lipinski definition) is 1. The Hall–Kier alpha value is -1.51. The van der Waals surface area contributed by atoms with Gasteiger partial charge in [0.2, 0.25) is 0 Å². The summed E-state index contributed by atoms with van der Waals surface area (Å²) in [6.07, 6.45) is 4.37. The SMILES string of the molecule is CCCCN(CCCC)C(=O)N(C)c1ccccc1. The molecule has 0 unspecified atom stereocenters. The third-order valence-corrected chi connectivity index (χ3v) is 3.26. The largest absolute Gasteiger partial charge is 0.324 e. The molecule has 0 fully saturated rings. The van der Waals surface area contributed by atoms with Gasteiger partial charge in [-0.15, -0.1) is 0 Å². The fourth-order valence-corrected chi connectivity index (χ4v) is 1.98. The highest BCUT2D eigenvalue weighted by Crippen LogP contribution is 2.14. The summed E-state index contributed by atoms with van der Waals surface area (Å²) in [7, 11) is 1.85. The molecular weight excluding hydrogens is 236 g/mol. The molecule has 0 heterocycles. The van der Waals surface area contributed by atoms with Gasteiger partial charge in [-0.3, -0.25) is 4.90 Å². The minimum Gasteiger partial charge on any atom is -0.324 e. The molecule has 0 radical (unpaired) electrons. The minimum atomic E-state index is 0.105. The predicted octanol–water partition coefficient (Wildman–Crippen LogP) is 4.15. The average Bonchev–Trinajstić information content (AvgIpc) is 2.47. The van der Waals surface area contributed by atoms with Crippen LogP contribution in [0, 0.1) is 0 Å². The fourth-order valence-electron chi connectivity index (χ4n) is 1.98. The van der Waals surface area contributed by atoms with Crippen molar-refractivity contribution >= 4 is 11.7 Å². The maximum absolute atomic E-state index is 12.5. The lowest BCUT2D eigenvalue weighted by molar-refractivity contribution is 0.204. The highest BCUT2D eigenvalue weighted by molar-refractivity contribution is 5.91. The number of anilines is 1. The van der Waals surface area contributed by atoms with Crippen molar-refractivity contribution in [2.24, 2.45) is 0 Å². The van der Waals surface area contributed by atoms with Crippen LogP contribution in [0.15, 0.2) is 30.3 Å². The van der Waals surface area contributed by atoms with Gasteiger partial charge in [-0.2, -0.15) is 0 Å². The van der Waals surface area contributed by atoms with Gasteiger partial charge in [-0.05, 0) is 25.0 Å². The van der Waals surface area contributed by atoms with Crippen LogP contribution in [0.5, 0.6) is 0 Å². The first kappa shape index (κ1) is 15.5. The van der Waals surface area contributed by atoms with Gasteiger partial charge in [0.25, 0.3) is 0 Å². The molecule has 3 nitrogen and oxygen atoms in total. The number of amides is 2. The molecule has 0 spiro atoms. The Labute approximate surface area is 117 Å². The Balaban J connectivity index is 2.68. The normalized spacial score (nSPS) is 10.3. The zero-order chi connectivity index (χ0) is 14.1. The smallest absolute Gasteiger partial charge is 0.324 e. The van der Waals surface area contributed by atoms with Gasteiger partial charge in [0.1, 0.15) is 0 Å². The number of rotatable bonds is 7. The lowest BCUT2D eigenvalue weighted by Gasteiger charge is -2.28. The van der Waals surface area contributed by atoms with E-state index in [9.17, 15) is 4.79 Å². The van der Waals surface area contributed by atoms with Crippen molar-refractivity contribution in [2.75, 3.05) is 25.0 Å². The fraction of sp³-hybridized carbons (Fsp3) is 0.562. The van der Waals surface area contributed by atoms with Crippen molar-refractivity contribution in [3.05, 3.63) is 30.3 Å². The molecular formula is C16H26N2O. The van der Waals surface area contributed by atoms with Crippen LogP contribution in [0.3, 0.4) is 0 Å². The van der Waals surface area contributed by atoms with E-state index < -0.39 is 0 Å². The summed E-state index contributed by atoms with van der Waals surface area (Å²) in [4.78, 5) is 16.2. The molecule has 0 atom stereocenters. The first-order valence-corrected chi connectivity index (χ1v) is 7.28. The van der Waals surface area contributed by atoms with Crippen molar-refractivity contribution in [1.29, 1.82) is 0 Å². The molecule has 1 rings (SSSR count). The Kier molecular flexibility index (Phi) is 7.01. The van der Waals surface area contributed by atoms with E-state index in [1.54, 1.807) is 4.90 Å². The molecule has 1 aromatic carbocycles. The first-order chi connectivity index (χ1) is 9.20. The van der Waals surface area contributed by atoms with Crippen molar-refractivity contribution in [2.45, 2.75) is 39.5 Å². The summed E-state index contributed by atoms with van der Waals surface area (Å²) < 4.78 is 0. The quantitative estimate of drug-likeness (QED) is 0.724. The van der Waals surface area contributed by atoms with E-state index in [-0.39, 0.29) is 6.03 Å². The van der Waals surface area contributed by atoms with Crippen LogP contribution >= 0.6 is 0 Å². The number of carbonyl (C=O) groups is 1. The lowest BCUT2D eigenvalue weighted by Crippen LogP contribution is -2.42. The third kappa shape index (κ3) is 4.93. The van der Waals surface area contributed by atoms with Gasteiger partial charge in [0.15, 0.2) is 0 Å². The number of unbranched alkanes of at least 4 members (excludes halogenated alkanes) is 2. The Morgan fingerprint density at radius 3 is 2.00 bits per heavy atom. The second-order valence-corrected chi connectivity index (χ2v) is 4.87. The summed E-state index contributed by atoms with van der Waals surface area (Å²) in [5.74, 6) is 0. The van der Waals surface area contributed by atoms with E-state index >= 15 is 0 Å². The molecule has 0 saturated carbocycles. The molecule has 0 N–H and O–H groups in total. The summed E-state index contributed by atoms with van der Waals surface area (Å²) >= 11 is 0. The zero-order valence-electron chi connectivity index (χ0n) is 12.4. The standard InChI is InChI=1S/C16H26N2O/c1-4-6-13-18(14-7-5-2)16(19)17(3)15-11-9-8-10-12-15/h8-12H,4-7,13-14H2,1-3H3. The van der Waals surface area contributed by atoms with E-state index in [4.69, 9.17) is 0 Å². The van der Waals surface area contributed by atoms with E-state index in [0.29, 0.717) is 0 Å². The van der Waals surface area contributed by atoms with E-state index in [0.717, 1.165) is 44.5 Å².